The smallest absolute Gasteiger partial charge is 0.186 e. The van der Waals surface area contributed by atoms with Crippen molar-refractivity contribution >= 4 is 28.1 Å². The summed E-state index contributed by atoms with van der Waals surface area (Å²) in [4.78, 5) is 0.903. The molecule has 0 aliphatic rings. The average molecular weight is 304 g/mol. The predicted molar refractivity (Wildman–Crippen MR) is 84.3 cm³/mol. The molecule has 0 spiro atoms. The third-order valence-corrected chi connectivity index (χ3v) is 4.83. The van der Waals surface area contributed by atoms with Crippen LogP contribution in [-0.4, -0.2) is 25.6 Å². The van der Waals surface area contributed by atoms with E-state index in [4.69, 9.17) is 0 Å². The number of aromatic nitrogens is 4. The second-order valence-corrected chi connectivity index (χ2v) is 6.74. The first-order valence-electron chi connectivity index (χ1n) is 6.68. The highest BCUT2D eigenvalue weighted by atomic mass is 32.2. The molecule has 2 aromatic heterocycles. The zero-order valence-electron chi connectivity index (χ0n) is 11.3. The zero-order chi connectivity index (χ0) is 13.8. The molecule has 104 valence electrons. The zero-order valence-corrected chi connectivity index (χ0v) is 13.0. The van der Waals surface area contributed by atoms with E-state index in [-0.39, 0.29) is 0 Å². The monoisotopic (exact) mass is 304 g/mol. The SMILES string of the molecule is CCSCc1nnc2sc(CCc3ccccc3)nn12. The van der Waals surface area contributed by atoms with Crippen molar-refractivity contribution < 1.29 is 0 Å². The van der Waals surface area contributed by atoms with Gasteiger partial charge in [-0.25, -0.2) is 0 Å². The molecule has 0 amide bonds. The van der Waals surface area contributed by atoms with Crippen LogP contribution < -0.4 is 0 Å². The van der Waals surface area contributed by atoms with Crippen molar-refractivity contribution in [3.63, 3.8) is 0 Å². The van der Waals surface area contributed by atoms with Crippen LogP contribution in [-0.2, 0) is 18.6 Å². The average Bonchev–Trinajstić information content (AvgIpc) is 3.04. The Hall–Kier alpha value is -1.40. The first kappa shape index (κ1) is 13.6. The van der Waals surface area contributed by atoms with Crippen molar-refractivity contribution in [2.24, 2.45) is 0 Å². The fourth-order valence-corrected chi connectivity index (χ4v) is 3.40. The second kappa shape index (κ2) is 6.37. The molecule has 0 radical (unpaired) electrons. The van der Waals surface area contributed by atoms with Crippen LogP contribution in [0.2, 0.25) is 0 Å². The van der Waals surface area contributed by atoms with Gasteiger partial charge in [0.1, 0.15) is 5.01 Å². The molecule has 3 rings (SSSR count). The van der Waals surface area contributed by atoms with Crippen LogP contribution in [0, 0.1) is 0 Å². The minimum absolute atomic E-state index is 0.875. The van der Waals surface area contributed by atoms with Crippen molar-refractivity contribution in [2.75, 3.05) is 5.75 Å². The lowest BCUT2D eigenvalue weighted by Crippen LogP contribution is -1.96. The van der Waals surface area contributed by atoms with Crippen molar-refractivity contribution in [3.05, 3.63) is 46.7 Å². The molecule has 4 nitrogen and oxygen atoms in total. The number of benzene rings is 1. The number of fused-ring (bicyclic) bond motifs is 1. The van der Waals surface area contributed by atoms with E-state index in [1.807, 2.05) is 22.3 Å². The molecule has 1 aromatic carbocycles. The van der Waals surface area contributed by atoms with Gasteiger partial charge < -0.3 is 0 Å². The number of thioether (sulfide) groups is 1. The predicted octanol–water partition coefficient (Wildman–Crippen LogP) is 3.22. The Labute approximate surface area is 126 Å². The van der Waals surface area contributed by atoms with Gasteiger partial charge in [-0.3, -0.25) is 0 Å². The normalized spacial score (nSPS) is 11.2. The molecule has 0 saturated heterocycles. The molecule has 0 N–H and O–H groups in total. The Morgan fingerprint density at radius 3 is 2.80 bits per heavy atom. The minimum atomic E-state index is 0.875. The second-order valence-electron chi connectivity index (χ2n) is 4.43. The van der Waals surface area contributed by atoms with E-state index in [1.165, 1.54) is 5.56 Å². The largest absolute Gasteiger partial charge is 0.234 e. The van der Waals surface area contributed by atoms with Gasteiger partial charge in [0.25, 0.3) is 0 Å². The first-order valence-corrected chi connectivity index (χ1v) is 8.65. The lowest BCUT2D eigenvalue weighted by atomic mass is 10.1. The summed E-state index contributed by atoms with van der Waals surface area (Å²) in [5.41, 5.74) is 1.35. The van der Waals surface area contributed by atoms with Gasteiger partial charge in [0.05, 0.1) is 5.75 Å². The van der Waals surface area contributed by atoms with Crippen LogP contribution in [0.3, 0.4) is 0 Å². The van der Waals surface area contributed by atoms with Gasteiger partial charge >= 0.3 is 0 Å². The van der Waals surface area contributed by atoms with Gasteiger partial charge in [-0.2, -0.15) is 21.4 Å². The Bertz CT molecular complexity index is 675. The third-order valence-electron chi connectivity index (χ3n) is 3.00. The molecular formula is C14H16N4S2. The molecule has 0 fully saturated rings. The standard InChI is InChI=1S/C14H16N4S2/c1-2-19-10-12-15-16-14-18(12)17-13(20-14)9-8-11-6-4-3-5-7-11/h3-7H,2,8-10H2,1H3. The lowest BCUT2D eigenvalue weighted by molar-refractivity contribution is 0.828. The highest BCUT2D eigenvalue weighted by Crippen LogP contribution is 2.18. The van der Waals surface area contributed by atoms with Gasteiger partial charge in [-0.1, -0.05) is 48.6 Å². The van der Waals surface area contributed by atoms with E-state index in [2.05, 4.69) is 46.5 Å². The van der Waals surface area contributed by atoms with Crippen molar-refractivity contribution in [1.29, 1.82) is 0 Å². The van der Waals surface area contributed by atoms with E-state index in [1.54, 1.807) is 11.3 Å². The molecular weight excluding hydrogens is 288 g/mol. The topological polar surface area (TPSA) is 43.1 Å². The summed E-state index contributed by atoms with van der Waals surface area (Å²) in [6.45, 7) is 2.15. The summed E-state index contributed by atoms with van der Waals surface area (Å²) in [6.07, 6.45) is 1.97. The Morgan fingerprint density at radius 2 is 2.00 bits per heavy atom. The molecule has 0 unspecified atom stereocenters. The fraction of sp³-hybridized carbons (Fsp3) is 0.357. The van der Waals surface area contributed by atoms with E-state index in [0.29, 0.717) is 0 Å². The van der Waals surface area contributed by atoms with Crippen LogP contribution in [0.1, 0.15) is 23.3 Å². The highest BCUT2D eigenvalue weighted by Gasteiger charge is 2.11. The number of aryl methyl sites for hydroxylation is 2. The molecule has 6 heteroatoms. The maximum Gasteiger partial charge on any atom is 0.234 e. The number of rotatable bonds is 6. The Morgan fingerprint density at radius 1 is 1.15 bits per heavy atom. The van der Waals surface area contributed by atoms with Gasteiger partial charge in [-0.05, 0) is 17.7 Å². The van der Waals surface area contributed by atoms with Crippen LogP contribution in [0.25, 0.3) is 4.96 Å². The number of hydrogen-bond acceptors (Lipinski definition) is 5. The summed E-state index contributed by atoms with van der Waals surface area (Å²) in [5.74, 6) is 2.91. The molecule has 3 aromatic rings. The van der Waals surface area contributed by atoms with Crippen LogP contribution in [0.15, 0.2) is 30.3 Å². The third kappa shape index (κ3) is 3.02. The Kier molecular flexibility index (Phi) is 4.32. The van der Waals surface area contributed by atoms with Gasteiger partial charge in [0.2, 0.25) is 4.96 Å². The molecule has 0 saturated carbocycles. The fourth-order valence-electron chi connectivity index (χ4n) is 1.98. The minimum Gasteiger partial charge on any atom is -0.186 e. The summed E-state index contributed by atoms with van der Waals surface area (Å²) in [6, 6.07) is 10.5. The summed E-state index contributed by atoms with van der Waals surface area (Å²) in [7, 11) is 0. The van der Waals surface area contributed by atoms with E-state index in [0.717, 1.165) is 40.1 Å². The van der Waals surface area contributed by atoms with Gasteiger partial charge in [-0.15, -0.1) is 10.2 Å². The molecule has 0 bridgehead atoms. The molecule has 0 aliphatic heterocycles. The van der Waals surface area contributed by atoms with Crippen molar-refractivity contribution in [3.8, 4) is 0 Å². The van der Waals surface area contributed by atoms with Crippen LogP contribution in [0.4, 0.5) is 0 Å². The summed E-state index contributed by atoms with van der Waals surface area (Å²) in [5, 5.41) is 14.2. The van der Waals surface area contributed by atoms with Crippen LogP contribution >= 0.6 is 23.1 Å². The van der Waals surface area contributed by atoms with E-state index < -0.39 is 0 Å². The molecule has 0 aliphatic carbocycles. The first-order chi connectivity index (χ1) is 9.86. The Balaban J connectivity index is 1.71. The summed E-state index contributed by atoms with van der Waals surface area (Å²) < 4.78 is 1.90. The van der Waals surface area contributed by atoms with Gasteiger partial charge in [0.15, 0.2) is 5.82 Å². The van der Waals surface area contributed by atoms with Crippen molar-refractivity contribution in [1.82, 2.24) is 19.8 Å². The van der Waals surface area contributed by atoms with E-state index >= 15 is 0 Å². The van der Waals surface area contributed by atoms with Gasteiger partial charge in [0, 0.05) is 6.42 Å². The van der Waals surface area contributed by atoms with E-state index in [9.17, 15) is 0 Å². The number of hydrogen-bond donors (Lipinski definition) is 0. The summed E-state index contributed by atoms with van der Waals surface area (Å²) >= 11 is 3.48. The molecule has 20 heavy (non-hydrogen) atoms. The highest BCUT2D eigenvalue weighted by molar-refractivity contribution is 7.98. The molecule has 0 atom stereocenters. The maximum absolute atomic E-state index is 4.64. The molecule has 2 heterocycles. The maximum atomic E-state index is 4.64. The quantitative estimate of drug-likeness (QED) is 0.701. The lowest BCUT2D eigenvalue weighted by Gasteiger charge is -1.97. The van der Waals surface area contributed by atoms with Crippen LogP contribution in [0.5, 0.6) is 0 Å². The number of nitrogens with zero attached hydrogens (tertiary/aromatic N) is 4. The van der Waals surface area contributed by atoms with Crippen molar-refractivity contribution in [2.45, 2.75) is 25.5 Å².